The summed E-state index contributed by atoms with van der Waals surface area (Å²) in [5.41, 5.74) is 0.528. The van der Waals surface area contributed by atoms with Gasteiger partial charge < -0.3 is 14.8 Å². The van der Waals surface area contributed by atoms with Crippen LogP contribution in [0.2, 0.25) is 0 Å². The fourth-order valence-electron chi connectivity index (χ4n) is 4.27. The quantitative estimate of drug-likeness (QED) is 0.350. The van der Waals surface area contributed by atoms with Crippen LogP contribution in [0.25, 0.3) is 0 Å². The van der Waals surface area contributed by atoms with Crippen molar-refractivity contribution in [2.24, 2.45) is 4.99 Å². The topological polar surface area (TPSA) is 123 Å². The lowest BCUT2D eigenvalue weighted by Crippen LogP contribution is -2.40. The molecule has 2 aliphatic rings. The van der Waals surface area contributed by atoms with E-state index in [2.05, 4.69) is 15.0 Å². The van der Waals surface area contributed by atoms with E-state index in [-0.39, 0.29) is 41.2 Å². The van der Waals surface area contributed by atoms with Crippen LogP contribution in [-0.4, -0.2) is 51.8 Å². The second kappa shape index (κ2) is 11.5. The molecule has 0 spiro atoms. The molecule has 0 aromatic heterocycles. The van der Waals surface area contributed by atoms with E-state index in [0.717, 1.165) is 25.7 Å². The second-order valence-electron chi connectivity index (χ2n) is 8.41. The molecule has 2 aromatic carbocycles. The number of methoxy groups -OCH3 is 1. The number of benzene rings is 2. The summed E-state index contributed by atoms with van der Waals surface area (Å²) in [4.78, 5) is 42.8. The van der Waals surface area contributed by atoms with Crippen molar-refractivity contribution in [1.29, 1.82) is 0 Å². The number of carbonyl (C=O) groups excluding carboxylic acids is 2. The molecule has 0 bridgehead atoms. The normalized spacial score (nSPS) is 19.0. The van der Waals surface area contributed by atoms with Gasteiger partial charge in [-0.25, -0.2) is 4.99 Å². The third kappa shape index (κ3) is 6.34. The number of hydrogen-bond acceptors (Lipinski definition) is 8. The van der Waals surface area contributed by atoms with Gasteiger partial charge in [-0.3, -0.25) is 24.6 Å². The predicted molar refractivity (Wildman–Crippen MR) is 134 cm³/mol. The molecular formula is C24H24F2N4O6S. The van der Waals surface area contributed by atoms with Crippen LogP contribution in [-0.2, 0) is 9.59 Å². The van der Waals surface area contributed by atoms with Crippen molar-refractivity contribution in [3.05, 3.63) is 52.6 Å². The lowest BCUT2D eigenvalue weighted by molar-refractivity contribution is -0.384. The van der Waals surface area contributed by atoms with Gasteiger partial charge >= 0.3 is 6.61 Å². The van der Waals surface area contributed by atoms with Crippen LogP contribution in [0.1, 0.15) is 32.1 Å². The number of anilines is 1. The fraction of sp³-hybridized carbons (Fsp3) is 0.375. The molecule has 13 heteroatoms. The molecule has 196 valence electrons. The highest BCUT2D eigenvalue weighted by Crippen LogP contribution is 2.38. The second-order valence-corrected chi connectivity index (χ2v) is 9.58. The maximum atomic E-state index is 13.3. The summed E-state index contributed by atoms with van der Waals surface area (Å²) in [6, 6.07) is 9.57. The highest BCUT2D eigenvalue weighted by atomic mass is 32.2. The third-order valence-corrected chi connectivity index (χ3v) is 7.14. The monoisotopic (exact) mass is 534 g/mol. The number of ether oxygens (including phenoxy) is 2. The van der Waals surface area contributed by atoms with E-state index in [4.69, 9.17) is 4.74 Å². The van der Waals surface area contributed by atoms with Crippen molar-refractivity contribution in [3.63, 3.8) is 0 Å². The molecule has 2 amide bonds. The van der Waals surface area contributed by atoms with Gasteiger partial charge in [-0.05, 0) is 43.2 Å². The number of carbonyl (C=O) groups is 2. The molecule has 1 saturated heterocycles. The summed E-state index contributed by atoms with van der Waals surface area (Å²) in [5, 5.41) is 13.4. The van der Waals surface area contributed by atoms with E-state index >= 15 is 0 Å². The number of amides is 2. The van der Waals surface area contributed by atoms with E-state index in [1.165, 1.54) is 61.3 Å². The molecule has 1 aliphatic carbocycles. The molecule has 1 aliphatic heterocycles. The van der Waals surface area contributed by atoms with E-state index in [1.54, 1.807) is 4.90 Å². The predicted octanol–water partition coefficient (Wildman–Crippen LogP) is 5.11. The number of thioether (sulfide) groups is 1. The van der Waals surface area contributed by atoms with Gasteiger partial charge in [-0.1, -0.05) is 24.6 Å². The van der Waals surface area contributed by atoms with Crippen LogP contribution in [0, 0.1) is 10.1 Å². The Bertz CT molecular complexity index is 1200. The smallest absolute Gasteiger partial charge is 0.387 e. The first-order valence-electron chi connectivity index (χ1n) is 11.5. The molecule has 1 heterocycles. The van der Waals surface area contributed by atoms with Gasteiger partial charge in [0.2, 0.25) is 11.8 Å². The van der Waals surface area contributed by atoms with Crippen LogP contribution in [0.5, 0.6) is 11.5 Å². The van der Waals surface area contributed by atoms with Crippen LogP contribution in [0.3, 0.4) is 0 Å². The molecule has 4 rings (SSSR count). The summed E-state index contributed by atoms with van der Waals surface area (Å²) >= 11 is 1.17. The number of nitrogens with one attached hydrogen (secondary N) is 1. The van der Waals surface area contributed by atoms with Crippen molar-refractivity contribution < 1.29 is 32.8 Å². The number of alkyl halides is 2. The maximum Gasteiger partial charge on any atom is 0.387 e. The largest absolute Gasteiger partial charge is 0.494 e. The fourth-order valence-corrected chi connectivity index (χ4v) is 5.48. The van der Waals surface area contributed by atoms with Gasteiger partial charge in [0, 0.05) is 18.5 Å². The Labute approximate surface area is 215 Å². The molecule has 1 unspecified atom stereocenters. The molecule has 10 nitrogen and oxygen atoms in total. The Kier molecular flexibility index (Phi) is 8.21. The molecular weight excluding hydrogens is 510 g/mol. The summed E-state index contributed by atoms with van der Waals surface area (Å²) in [5.74, 6) is -0.557. The molecule has 0 radical (unpaired) electrons. The van der Waals surface area contributed by atoms with E-state index in [0.29, 0.717) is 10.9 Å². The zero-order valence-corrected chi connectivity index (χ0v) is 20.6. The summed E-state index contributed by atoms with van der Waals surface area (Å²) < 4.78 is 34.4. The minimum absolute atomic E-state index is 0.00188. The number of rotatable bonds is 9. The van der Waals surface area contributed by atoms with Gasteiger partial charge in [0.15, 0.2) is 5.17 Å². The Morgan fingerprint density at radius 2 is 1.95 bits per heavy atom. The van der Waals surface area contributed by atoms with Gasteiger partial charge in [-0.2, -0.15) is 8.78 Å². The minimum atomic E-state index is -2.93. The summed E-state index contributed by atoms with van der Waals surface area (Å²) in [6.07, 6.45) is 3.47. The Morgan fingerprint density at radius 3 is 2.57 bits per heavy atom. The highest BCUT2D eigenvalue weighted by molar-refractivity contribution is 8.15. The van der Waals surface area contributed by atoms with Gasteiger partial charge in [0.05, 0.1) is 29.5 Å². The SMILES string of the molecule is COc1cc([N+](=O)[O-])ccc1NC(=O)CC1SC(=Nc2ccc(OC(F)F)cc2)N(C2CCCC2)C1=O. The van der Waals surface area contributed by atoms with Crippen molar-refractivity contribution >= 4 is 45.8 Å². The maximum absolute atomic E-state index is 13.3. The number of hydrogen-bond donors (Lipinski definition) is 1. The number of halogens is 2. The van der Waals surface area contributed by atoms with Gasteiger partial charge in [-0.15, -0.1) is 0 Å². The van der Waals surface area contributed by atoms with Crippen LogP contribution in [0.15, 0.2) is 47.5 Å². The number of nitro benzene ring substituents is 1. The first-order valence-corrected chi connectivity index (χ1v) is 12.4. The highest BCUT2D eigenvalue weighted by Gasteiger charge is 2.43. The van der Waals surface area contributed by atoms with Crippen LogP contribution >= 0.6 is 11.8 Å². The molecule has 1 N–H and O–H groups in total. The Hall–Kier alpha value is -3.74. The number of nitrogens with zero attached hydrogens (tertiary/aromatic N) is 3. The molecule has 2 aromatic rings. The van der Waals surface area contributed by atoms with Crippen LogP contribution in [0.4, 0.5) is 25.8 Å². The lowest BCUT2D eigenvalue weighted by Gasteiger charge is -2.23. The molecule has 1 saturated carbocycles. The third-order valence-electron chi connectivity index (χ3n) is 5.98. The first kappa shape index (κ1) is 26.3. The molecule has 37 heavy (non-hydrogen) atoms. The van der Waals surface area contributed by atoms with Gasteiger partial charge in [0.1, 0.15) is 16.7 Å². The number of nitro groups is 1. The van der Waals surface area contributed by atoms with E-state index < -0.39 is 22.7 Å². The average molecular weight is 535 g/mol. The Morgan fingerprint density at radius 1 is 1.24 bits per heavy atom. The summed E-state index contributed by atoms with van der Waals surface area (Å²) in [6.45, 7) is -2.93. The zero-order chi connectivity index (χ0) is 26.5. The van der Waals surface area contributed by atoms with E-state index in [9.17, 15) is 28.5 Å². The van der Waals surface area contributed by atoms with E-state index in [1.807, 2.05) is 0 Å². The molecule has 1 atom stereocenters. The van der Waals surface area contributed by atoms with Crippen LogP contribution < -0.4 is 14.8 Å². The van der Waals surface area contributed by atoms with Crippen molar-refractivity contribution in [1.82, 2.24) is 4.90 Å². The van der Waals surface area contributed by atoms with Crippen molar-refractivity contribution in [3.8, 4) is 11.5 Å². The minimum Gasteiger partial charge on any atom is -0.494 e. The first-order chi connectivity index (χ1) is 17.7. The summed E-state index contributed by atoms with van der Waals surface area (Å²) in [7, 11) is 1.33. The van der Waals surface area contributed by atoms with Gasteiger partial charge in [0.25, 0.3) is 5.69 Å². The average Bonchev–Trinajstić information content (AvgIpc) is 3.48. The zero-order valence-electron chi connectivity index (χ0n) is 19.8. The number of non-ortho nitro benzene ring substituents is 1. The standard InChI is InChI=1S/C24H24F2N4O6S/c1-35-19-12-16(30(33)34)8-11-18(19)28-21(31)13-20-22(32)29(15-4-2-3-5-15)24(37-20)27-14-6-9-17(10-7-14)36-23(25)26/h6-12,15,20,23H,2-5,13H2,1H3,(H,28,31). The number of aliphatic imine (C=N–C) groups is 1. The lowest BCUT2D eigenvalue weighted by atomic mass is 10.2. The van der Waals surface area contributed by atoms with Crippen molar-refractivity contribution in [2.75, 3.05) is 12.4 Å². The Balaban J connectivity index is 1.50. The number of amidine groups is 1. The molecule has 2 fully saturated rings. The van der Waals surface area contributed by atoms with Crippen molar-refractivity contribution in [2.45, 2.75) is 50.0 Å².